The molecule has 0 bridgehead atoms. The third-order valence-electron chi connectivity index (χ3n) is 3.67. The van der Waals surface area contributed by atoms with Crippen molar-refractivity contribution in [1.29, 1.82) is 0 Å². The Morgan fingerprint density at radius 1 is 0.487 bits per heavy atom. The van der Waals surface area contributed by atoms with Crippen molar-refractivity contribution >= 4 is 23.2 Å². The Morgan fingerprint density at radius 3 is 0.872 bits per heavy atom. The Hall–Kier alpha value is -2.25. The SMILES string of the molecule is O.Oc1ccc(Cl)cc1.Oc1ccc(Cl)cc1.[Zr].[Zr].[c-]1[c-][c-][cH-][c-]1.c1cc[cH-]c1.c1cc[cH-]c1.c1cc[cH-]c1. The van der Waals surface area contributed by atoms with E-state index in [1.165, 1.54) is 0 Å². The summed E-state index contributed by atoms with van der Waals surface area (Å²) in [6, 6.07) is 54.7. The summed E-state index contributed by atoms with van der Waals surface area (Å²) in [5, 5.41) is 18.7. The molecular weight excluding hydrogens is 686 g/mol. The van der Waals surface area contributed by atoms with Crippen molar-refractivity contribution in [2.75, 3.05) is 0 Å². The zero-order valence-electron chi connectivity index (χ0n) is 21.0. The molecule has 0 spiro atoms. The van der Waals surface area contributed by atoms with Gasteiger partial charge in [0, 0.05) is 62.5 Å². The van der Waals surface area contributed by atoms with Crippen LogP contribution in [0.25, 0.3) is 0 Å². The minimum absolute atomic E-state index is 0. The number of halogens is 2. The molecule has 0 aliphatic heterocycles. The first-order valence-corrected chi connectivity index (χ1v) is 11.6. The van der Waals surface area contributed by atoms with E-state index in [2.05, 4.69) is 24.3 Å². The number of rotatable bonds is 0. The third kappa shape index (κ3) is 28.6. The Labute approximate surface area is 280 Å². The molecule has 39 heavy (non-hydrogen) atoms. The summed E-state index contributed by atoms with van der Waals surface area (Å²) >= 11 is 11.0. The van der Waals surface area contributed by atoms with Crippen molar-refractivity contribution < 1.29 is 68.1 Å². The fraction of sp³-hybridized carbons (Fsp3) is 0. The van der Waals surface area contributed by atoms with Crippen molar-refractivity contribution in [3.8, 4) is 11.5 Å². The van der Waals surface area contributed by atoms with Gasteiger partial charge in [-0.1, -0.05) is 23.2 Å². The van der Waals surface area contributed by atoms with Gasteiger partial charge in [0.15, 0.2) is 0 Å². The van der Waals surface area contributed by atoms with Gasteiger partial charge in [-0.3, -0.25) is 0 Å². The summed E-state index contributed by atoms with van der Waals surface area (Å²) in [5.74, 6) is 0.490. The molecule has 0 aliphatic carbocycles. The summed E-state index contributed by atoms with van der Waals surface area (Å²) in [6.45, 7) is 0. The van der Waals surface area contributed by atoms with Crippen LogP contribution in [0.3, 0.4) is 0 Å². The average molecular weight is 714 g/mol. The van der Waals surface area contributed by atoms with E-state index in [1.807, 2.05) is 91.0 Å². The summed E-state index contributed by atoms with van der Waals surface area (Å²) in [4.78, 5) is 0. The fourth-order valence-electron chi connectivity index (χ4n) is 2.02. The van der Waals surface area contributed by atoms with E-state index in [0.717, 1.165) is 0 Å². The normalized spacial score (nSPS) is 7.85. The van der Waals surface area contributed by atoms with Crippen LogP contribution in [0.15, 0.2) is 146 Å². The molecule has 204 valence electrons. The Morgan fingerprint density at radius 2 is 0.744 bits per heavy atom. The molecule has 0 radical (unpaired) electrons. The van der Waals surface area contributed by atoms with E-state index < -0.39 is 0 Å². The molecule has 0 fully saturated rings. The maximum absolute atomic E-state index is 8.70. The Kier molecular flexibility index (Phi) is 32.0. The van der Waals surface area contributed by atoms with Gasteiger partial charge in [-0.15, -0.1) is 0 Å². The maximum atomic E-state index is 8.70. The average Bonchev–Trinajstić information content (AvgIpc) is 3.75. The molecule has 4 N–H and O–H groups in total. The molecule has 0 atom stereocenters. The van der Waals surface area contributed by atoms with Crippen molar-refractivity contribution in [3.05, 3.63) is 180 Å². The number of phenols is 2. The van der Waals surface area contributed by atoms with Gasteiger partial charge < -0.3 is 46.0 Å². The summed E-state index contributed by atoms with van der Waals surface area (Å²) < 4.78 is 0. The van der Waals surface area contributed by atoms with Crippen LogP contribution in [0.5, 0.6) is 11.5 Å². The summed E-state index contributed by atoms with van der Waals surface area (Å²) in [7, 11) is 0. The fourth-order valence-corrected chi connectivity index (χ4v) is 2.28. The van der Waals surface area contributed by atoms with Crippen LogP contribution in [0, 0.1) is 24.3 Å². The van der Waals surface area contributed by atoms with Crippen molar-refractivity contribution in [2.24, 2.45) is 0 Å². The Bertz CT molecular complexity index is 881. The van der Waals surface area contributed by atoms with Crippen LogP contribution in [0.2, 0.25) is 10.0 Å². The van der Waals surface area contributed by atoms with Crippen molar-refractivity contribution in [3.63, 3.8) is 0 Å². The molecule has 6 aromatic carbocycles. The molecule has 0 aliphatic rings. The number of phenolic OH excluding ortho intramolecular Hbond substituents is 2. The molecule has 6 rings (SSSR count). The van der Waals surface area contributed by atoms with Crippen molar-refractivity contribution in [2.45, 2.75) is 0 Å². The monoisotopic (exact) mass is 710 g/mol. The van der Waals surface area contributed by atoms with Gasteiger partial charge in [-0.2, -0.15) is 54.6 Å². The number of aromatic hydroxyl groups is 2. The second-order valence-electron chi connectivity index (χ2n) is 6.52. The third-order valence-corrected chi connectivity index (χ3v) is 4.18. The second-order valence-corrected chi connectivity index (χ2v) is 7.40. The van der Waals surface area contributed by atoms with E-state index in [4.69, 9.17) is 33.4 Å². The molecule has 3 nitrogen and oxygen atoms in total. The van der Waals surface area contributed by atoms with Crippen LogP contribution < -0.4 is 0 Å². The van der Waals surface area contributed by atoms with E-state index in [0.29, 0.717) is 10.0 Å². The molecular formula is C32H28Cl2O3Zr2-8. The van der Waals surface area contributed by atoms with Gasteiger partial charge in [-0.05, 0) is 48.5 Å². The first-order valence-electron chi connectivity index (χ1n) is 10.8. The van der Waals surface area contributed by atoms with Crippen LogP contribution in [-0.4, -0.2) is 15.7 Å². The maximum Gasteiger partial charge on any atom is 0.115 e. The minimum Gasteiger partial charge on any atom is -0.999 e. The summed E-state index contributed by atoms with van der Waals surface area (Å²) in [6.07, 6.45) is 0. The second kappa shape index (κ2) is 30.3. The number of hydrogen-bond donors (Lipinski definition) is 2. The molecule has 0 saturated heterocycles. The van der Waals surface area contributed by atoms with E-state index in [-0.39, 0.29) is 69.4 Å². The van der Waals surface area contributed by atoms with Gasteiger partial charge in [0.25, 0.3) is 0 Å². The standard InChI is InChI=1S/2C6H5ClO.3C5H5.C5H.H2O.2Zr/c2*7-5-1-3-6(8)4-2-5;4*1-2-4-5-3-1;;;/h2*1-4,8H;3*1-5H;1H;1H2;;/q;;3*-1;-5;;;. The molecule has 0 heterocycles. The zero-order valence-corrected chi connectivity index (χ0v) is 27.4. The van der Waals surface area contributed by atoms with Crippen LogP contribution in [0.1, 0.15) is 0 Å². The topological polar surface area (TPSA) is 72.0 Å². The number of benzene rings is 2. The predicted molar refractivity (Wildman–Crippen MR) is 153 cm³/mol. The smallest absolute Gasteiger partial charge is 0.115 e. The predicted octanol–water partition coefficient (Wildman–Crippen LogP) is 8.08. The van der Waals surface area contributed by atoms with Gasteiger partial charge >= 0.3 is 0 Å². The quantitative estimate of drug-likeness (QED) is 0.156. The summed E-state index contributed by atoms with van der Waals surface area (Å²) in [5.41, 5.74) is 0. The first-order chi connectivity index (χ1) is 17.6. The molecule has 7 heteroatoms. The van der Waals surface area contributed by atoms with Crippen LogP contribution in [0.4, 0.5) is 0 Å². The van der Waals surface area contributed by atoms with Gasteiger partial charge in [0.1, 0.15) is 11.5 Å². The molecule has 0 aromatic heterocycles. The van der Waals surface area contributed by atoms with E-state index in [1.54, 1.807) is 54.6 Å². The molecule has 0 unspecified atom stereocenters. The van der Waals surface area contributed by atoms with Crippen LogP contribution in [-0.2, 0) is 52.4 Å². The zero-order chi connectivity index (χ0) is 26.1. The Balaban J connectivity index is -0.000000398. The number of hydrogen-bond acceptors (Lipinski definition) is 2. The largest absolute Gasteiger partial charge is 0.999 e. The van der Waals surface area contributed by atoms with E-state index >= 15 is 0 Å². The molecule has 0 amide bonds. The minimum atomic E-state index is 0. The molecule has 0 saturated carbocycles. The van der Waals surface area contributed by atoms with Gasteiger partial charge in [-0.25, -0.2) is 36.4 Å². The van der Waals surface area contributed by atoms with Crippen molar-refractivity contribution in [1.82, 2.24) is 0 Å². The van der Waals surface area contributed by atoms with Gasteiger partial charge in [0.05, 0.1) is 0 Å². The molecule has 6 aromatic rings. The first kappa shape index (κ1) is 41.2. The van der Waals surface area contributed by atoms with E-state index in [9.17, 15) is 0 Å². The van der Waals surface area contributed by atoms with Gasteiger partial charge in [0.2, 0.25) is 0 Å². The van der Waals surface area contributed by atoms with Crippen LogP contribution >= 0.6 is 23.2 Å².